The lowest BCUT2D eigenvalue weighted by Crippen LogP contribution is -2.46. The van der Waals surface area contributed by atoms with Crippen molar-refractivity contribution >= 4 is 5.96 Å². The Morgan fingerprint density at radius 3 is 2.57 bits per heavy atom. The van der Waals surface area contributed by atoms with E-state index in [-0.39, 0.29) is 0 Å². The van der Waals surface area contributed by atoms with Gasteiger partial charge in [-0.05, 0) is 42.4 Å². The molecule has 0 bridgehead atoms. The summed E-state index contributed by atoms with van der Waals surface area (Å²) in [6.45, 7) is 2.44. The number of benzene rings is 1. The van der Waals surface area contributed by atoms with Crippen LogP contribution in [0.3, 0.4) is 0 Å². The first-order chi connectivity index (χ1) is 11.2. The number of hydrogen-bond acceptors (Lipinski definition) is 3. The second-order valence-electron chi connectivity index (χ2n) is 6.18. The van der Waals surface area contributed by atoms with Crippen LogP contribution in [0.15, 0.2) is 29.3 Å². The van der Waals surface area contributed by atoms with Gasteiger partial charge >= 0.3 is 0 Å². The molecule has 0 heterocycles. The lowest BCUT2D eigenvalue weighted by Gasteiger charge is -2.42. The highest BCUT2D eigenvalue weighted by Crippen LogP contribution is 2.43. The van der Waals surface area contributed by atoms with E-state index in [2.05, 4.69) is 21.7 Å². The third-order valence-corrected chi connectivity index (χ3v) is 4.65. The van der Waals surface area contributed by atoms with E-state index in [1.165, 1.54) is 19.3 Å². The minimum atomic E-state index is 0.363. The van der Waals surface area contributed by atoms with Gasteiger partial charge in [0.15, 0.2) is 5.96 Å². The number of nitrogens with zero attached hydrogens (tertiary/aromatic N) is 2. The number of nitriles is 1. The van der Waals surface area contributed by atoms with Crippen LogP contribution in [0.25, 0.3) is 0 Å². The maximum absolute atomic E-state index is 8.82. The third-order valence-electron chi connectivity index (χ3n) is 4.65. The van der Waals surface area contributed by atoms with Crippen molar-refractivity contribution in [2.45, 2.75) is 32.2 Å². The minimum Gasteiger partial charge on any atom is -0.385 e. The van der Waals surface area contributed by atoms with Gasteiger partial charge < -0.3 is 15.4 Å². The number of rotatable bonds is 7. The Morgan fingerprint density at radius 1 is 1.30 bits per heavy atom. The monoisotopic (exact) mass is 314 g/mol. The minimum absolute atomic E-state index is 0.363. The summed E-state index contributed by atoms with van der Waals surface area (Å²) in [6, 6.07) is 9.73. The molecule has 23 heavy (non-hydrogen) atoms. The molecule has 1 aliphatic carbocycles. The third kappa shape index (κ3) is 4.97. The van der Waals surface area contributed by atoms with E-state index in [4.69, 9.17) is 10.00 Å². The molecule has 1 saturated carbocycles. The van der Waals surface area contributed by atoms with Crippen LogP contribution in [0.5, 0.6) is 0 Å². The van der Waals surface area contributed by atoms with Gasteiger partial charge in [-0.1, -0.05) is 18.6 Å². The second-order valence-corrected chi connectivity index (χ2v) is 6.18. The van der Waals surface area contributed by atoms with Crippen LogP contribution in [-0.4, -0.2) is 33.3 Å². The molecule has 5 nitrogen and oxygen atoms in total. The summed E-state index contributed by atoms with van der Waals surface area (Å²) in [5.74, 6) is 0.818. The molecular weight excluding hydrogens is 288 g/mol. The fourth-order valence-corrected chi connectivity index (χ4v) is 2.89. The van der Waals surface area contributed by atoms with Gasteiger partial charge in [-0.25, -0.2) is 0 Å². The Hall–Kier alpha value is -2.06. The Kier molecular flexibility index (Phi) is 6.42. The summed E-state index contributed by atoms with van der Waals surface area (Å²) in [4.78, 5) is 4.29. The molecular formula is C18H26N4O. The van der Waals surface area contributed by atoms with E-state index in [0.29, 0.717) is 17.5 Å². The maximum atomic E-state index is 8.82. The Morgan fingerprint density at radius 2 is 2.04 bits per heavy atom. The Labute approximate surface area is 138 Å². The SMILES string of the molecule is CN=C(NCc1ccc(C#N)cc1)NCC1(CCOC)CCC1. The number of methoxy groups -OCH3 is 1. The first-order valence-electron chi connectivity index (χ1n) is 8.14. The van der Waals surface area contributed by atoms with Crippen molar-refractivity contribution < 1.29 is 4.74 Å². The first kappa shape index (κ1) is 17.3. The summed E-state index contributed by atoms with van der Waals surface area (Å²) in [5.41, 5.74) is 2.17. The van der Waals surface area contributed by atoms with Crippen LogP contribution < -0.4 is 10.6 Å². The molecule has 2 N–H and O–H groups in total. The van der Waals surface area contributed by atoms with E-state index in [1.54, 1.807) is 14.2 Å². The maximum Gasteiger partial charge on any atom is 0.191 e. The van der Waals surface area contributed by atoms with E-state index in [0.717, 1.165) is 31.1 Å². The van der Waals surface area contributed by atoms with Crippen LogP contribution in [0.2, 0.25) is 0 Å². The molecule has 1 aromatic rings. The first-order valence-corrected chi connectivity index (χ1v) is 8.14. The molecule has 124 valence electrons. The molecule has 0 atom stereocenters. The van der Waals surface area contributed by atoms with Gasteiger partial charge in [0.1, 0.15) is 0 Å². The number of hydrogen-bond donors (Lipinski definition) is 2. The second kappa shape index (κ2) is 8.54. The average Bonchev–Trinajstić information content (AvgIpc) is 2.56. The fourth-order valence-electron chi connectivity index (χ4n) is 2.89. The van der Waals surface area contributed by atoms with E-state index >= 15 is 0 Å². The standard InChI is InChI=1S/C18H26N4O/c1-20-17(21-13-16-6-4-15(12-19)5-7-16)22-14-18(8-3-9-18)10-11-23-2/h4-7H,3,8-11,13-14H2,1-2H3,(H2,20,21,22). The quantitative estimate of drug-likeness (QED) is 0.599. The van der Waals surface area contributed by atoms with Gasteiger partial charge in [0, 0.05) is 33.9 Å². The van der Waals surface area contributed by atoms with Gasteiger partial charge in [0.05, 0.1) is 11.6 Å². The zero-order chi connectivity index (χ0) is 16.5. The van der Waals surface area contributed by atoms with Crippen LogP contribution >= 0.6 is 0 Å². The number of guanidine groups is 1. The molecule has 0 spiro atoms. The molecule has 0 unspecified atom stereocenters. The number of aliphatic imine (C=N–C) groups is 1. The van der Waals surface area contributed by atoms with E-state index in [9.17, 15) is 0 Å². The van der Waals surface area contributed by atoms with Crippen LogP contribution in [0, 0.1) is 16.7 Å². The molecule has 0 aromatic heterocycles. The summed E-state index contributed by atoms with van der Waals surface area (Å²) in [5, 5.41) is 15.6. The predicted octanol–water partition coefficient (Wildman–Crippen LogP) is 2.43. The summed E-state index contributed by atoms with van der Waals surface area (Å²) in [6.07, 6.45) is 4.93. The van der Waals surface area contributed by atoms with Crippen molar-refractivity contribution in [3.63, 3.8) is 0 Å². The Balaban J connectivity index is 1.80. The fraction of sp³-hybridized carbons (Fsp3) is 0.556. The molecule has 0 aliphatic heterocycles. The van der Waals surface area contributed by atoms with Crippen molar-refractivity contribution in [3.05, 3.63) is 35.4 Å². The van der Waals surface area contributed by atoms with E-state index in [1.807, 2.05) is 24.3 Å². The molecule has 0 radical (unpaired) electrons. The molecule has 1 aliphatic rings. The van der Waals surface area contributed by atoms with Gasteiger partial charge in [-0.15, -0.1) is 0 Å². The van der Waals surface area contributed by atoms with Crippen molar-refractivity contribution in [3.8, 4) is 6.07 Å². The van der Waals surface area contributed by atoms with Crippen LogP contribution in [0.4, 0.5) is 0 Å². The molecule has 0 amide bonds. The average molecular weight is 314 g/mol. The predicted molar refractivity (Wildman–Crippen MR) is 92.1 cm³/mol. The zero-order valence-electron chi connectivity index (χ0n) is 14.1. The van der Waals surface area contributed by atoms with Crippen LogP contribution in [-0.2, 0) is 11.3 Å². The molecule has 2 rings (SSSR count). The Bertz CT molecular complexity index is 555. The highest BCUT2D eigenvalue weighted by molar-refractivity contribution is 5.79. The summed E-state index contributed by atoms with van der Waals surface area (Å²) < 4.78 is 5.23. The van der Waals surface area contributed by atoms with Crippen molar-refractivity contribution in [1.29, 1.82) is 5.26 Å². The highest BCUT2D eigenvalue weighted by Gasteiger charge is 2.36. The molecule has 1 aromatic carbocycles. The normalized spacial score (nSPS) is 16.3. The summed E-state index contributed by atoms with van der Waals surface area (Å²) in [7, 11) is 3.55. The lowest BCUT2D eigenvalue weighted by molar-refractivity contribution is 0.0732. The van der Waals surface area contributed by atoms with Crippen molar-refractivity contribution in [2.75, 3.05) is 27.3 Å². The van der Waals surface area contributed by atoms with Gasteiger partial charge in [0.25, 0.3) is 0 Å². The summed E-state index contributed by atoms with van der Waals surface area (Å²) >= 11 is 0. The van der Waals surface area contributed by atoms with Gasteiger partial charge in [-0.3, -0.25) is 4.99 Å². The smallest absolute Gasteiger partial charge is 0.191 e. The van der Waals surface area contributed by atoms with Crippen molar-refractivity contribution in [1.82, 2.24) is 10.6 Å². The number of nitrogens with one attached hydrogen (secondary N) is 2. The topological polar surface area (TPSA) is 69.4 Å². The highest BCUT2D eigenvalue weighted by atomic mass is 16.5. The molecule has 5 heteroatoms. The molecule has 1 fully saturated rings. The number of ether oxygens (including phenoxy) is 1. The zero-order valence-corrected chi connectivity index (χ0v) is 14.1. The largest absolute Gasteiger partial charge is 0.385 e. The van der Waals surface area contributed by atoms with Crippen LogP contribution in [0.1, 0.15) is 36.8 Å². The van der Waals surface area contributed by atoms with Gasteiger partial charge in [-0.2, -0.15) is 5.26 Å². The van der Waals surface area contributed by atoms with E-state index < -0.39 is 0 Å². The van der Waals surface area contributed by atoms with Crippen molar-refractivity contribution in [2.24, 2.45) is 10.4 Å². The molecule has 0 saturated heterocycles. The van der Waals surface area contributed by atoms with Gasteiger partial charge in [0.2, 0.25) is 0 Å². The lowest BCUT2D eigenvalue weighted by atomic mass is 9.67.